The summed E-state index contributed by atoms with van der Waals surface area (Å²) in [5.74, 6) is 0.229. The second-order valence-corrected chi connectivity index (χ2v) is 1.82. The zero-order chi connectivity index (χ0) is 6.69. The fourth-order valence-corrected chi connectivity index (χ4v) is 0.601. The Kier molecular flexibility index (Phi) is 4.73. The van der Waals surface area contributed by atoms with Crippen molar-refractivity contribution in [3.8, 4) is 5.75 Å². The van der Waals surface area contributed by atoms with Crippen molar-refractivity contribution in [3.63, 3.8) is 0 Å². The van der Waals surface area contributed by atoms with Crippen LogP contribution in [-0.4, -0.2) is 39.8 Å². The molecule has 0 heterocycles. The van der Waals surface area contributed by atoms with Crippen molar-refractivity contribution >= 4 is 29.6 Å². The molecule has 0 unspecified atom stereocenters. The van der Waals surface area contributed by atoms with Crippen LogP contribution in [0.4, 0.5) is 0 Å². The molecule has 0 aliphatic carbocycles. The van der Waals surface area contributed by atoms with Crippen LogP contribution in [0, 0.1) is 0 Å². The van der Waals surface area contributed by atoms with Gasteiger partial charge in [0.05, 0.1) is 6.61 Å². The second kappa shape index (κ2) is 4.74. The number of aromatic hydroxyl groups is 1. The molecular weight excluding hydrogens is 139 g/mol. The van der Waals surface area contributed by atoms with Gasteiger partial charge in [-0.05, 0) is 17.7 Å². The van der Waals surface area contributed by atoms with Gasteiger partial charge in [-0.3, -0.25) is 0 Å². The van der Waals surface area contributed by atoms with E-state index >= 15 is 0 Å². The van der Waals surface area contributed by atoms with Gasteiger partial charge in [0.25, 0.3) is 0 Å². The first-order valence-electron chi connectivity index (χ1n) is 2.71. The Hall–Kier alpha value is -0.0200. The monoisotopic (exact) mass is 148 g/mol. The van der Waals surface area contributed by atoms with Crippen LogP contribution in [0.2, 0.25) is 0 Å². The Bertz CT molecular complexity index is 183. The average molecular weight is 148 g/mol. The van der Waals surface area contributed by atoms with Crippen LogP contribution < -0.4 is 0 Å². The average Bonchev–Trinajstić information content (AvgIpc) is 1.90. The topological polar surface area (TPSA) is 40.5 Å². The Morgan fingerprint density at radius 3 is 2.00 bits per heavy atom. The van der Waals surface area contributed by atoms with Gasteiger partial charge in [0, 0.05) is 0 Å². The number of hydrogen-bond acceptors (Lipinski definition) is 2. The molecule has 1 aromatic carbocycles. The molecule has 0 radical (unpaired) electrons. The van der Waals surface area contributed by atoms with E-state index in [1.807, 2.05) is 0 Å². The van der Waals surface area contributed by atoms with Gasteiger partial charge in [-0.2, -0.15) is 0 Å². The standard InChI is InChI=1S/C7H8O2.Na.H/c8-5-6-1-3-7(9)4-2-6;;/h1-4,8-9H,5H2;;. The van der Waals surface area contributed by atoms with Crippen molar-refractivity contribution in [2.45, 2.75) is 6.61 Å². The third-order valence-corrected chi connectivity index (χ3v) is 1.12. The van der Waals surface area contributed by atoms with Gasteiger partial charge in [0.1, 0.15) is 5.75 Å². The van der Waals surface area contributed by atoms with Crippen molar-refractivity contribution < 1.29 is 10.2 Å². The first-order valence-corrected chi connectivity index (χ1v) is 2.71. The molecule has 0 saturated carbocycles. The van der Waals surface area contributed by atoms with Crippen molar-refractivity contribution in [1.29, 1.82) is 0 Å². The molecule has 2 N–H and O–H groups in total. The Morgan fingerprint density at radius 2 is 1.60 bits per heavy atom. The zero-order valence-corrected chi connectivity index (χ0v) is 4.91. The van der Waals surface area contributed by atoms with E-state index in [1.165, 1.54) is 0 Å². The molecule has 0 saturated heterocycles. The van der Waals surface area contributed by atoms with Gasteiger partial charge >= 0.3 is 29.6 Å². The number of phenolic OH excluding ortho intramolecular Hbond substituents is 1. The molecule has 2 nitrogen and oxygen atoms in total. The summed E-state index contributed by atoms with van der Waals surface area (Å²) in [6.45, 7) is 0.0281. The maximum atomic E-state index is 8.77. The predicted octanol–water partition coefficient (Wildman–Crippen LogP) is 0.236. The fourth-order valence-electron chi connectivity index (χ4n) is 0.601. The Balaban J connectivity index is 0.000000810. The minimum absolute atomic E-state index is 0. The molecular formula is C7H9NaO2. The summed E-state index contributed by atoms with van der Waals surface area (Å²) < 4.78 is 0. The summed E-state index contributed by atoms with van der Waals surface area (Å²) in [6, 6.07) is 6.45. The molecule has 0 amide bonds. The molecule has 1 rings (SSSR count). The van der Waals surface area contributed by atoms with Crippen molar-refractivity contribution in [2.75, 3.05) is 0 Å². The Morgan fingerprint density at radius 1 is 1.10 bits per heavy atom. The van der Waals surface area contributed by atoms with E-state index in [2.05, 4.69) is 0 Å². The van der Waals surface area contributed by atoms with Crippen LogP contribution in [0.5, 0.6) is 5.75 Å². The normalized spacial score (nSPS) is 8.50. The van der Waals surface area contributed by atoms with Gasteiger partial charge in [0.2, 0.25) is 0 Å². The molecule has 0 aromatic heterocycles. The zero-order valence-electron chi connectivity index (χ0n) is 4.91. The molecule has 50 valence electrons. The summed E-state index contributed by atoms with van der Waals surface area (Å²) in [6.07, 6.45) is 0. The summed E-state index contributed by atoms with van der Waals surface area (Å²) in [5.41, 5.74) is 0.813. The van der Waals surface area contributed by atoms with Crippen molar-refractivity contribution in [1.82, 2.24) is 0 Å². The molecule has 0 aliphatic rings. The maximum absolute atomic E-state index is 8.77. The van der Waals surface area contributed by atoms with E-state index in [-0.39, 0.29) is 41.9 Å². The number of hydrogen-bond donors (Lipinski definition) is 2. The van der Waals surface area contributed by atoms with Crippen LogP contribution >= 0.6 is 0 Å². The quantitative estimate of drug-likeness (QED) is 0.560. The third-order valence-electron chi connectivity index (χ3n) is 1.12. The summed E-state index contributed by atoms with van der Waals surface area (Å²) in [5, 5.41) is 17.3. The first-order chi connectivity index (χ1) is 4.33. The van der Waals surface area contributed by atoms with Gasteiger partial charge < -0.3 is 10.2 Å². The van der Waals surface area contributed by atoms with Gasteiger partial charge in [-0.1, -0.05) is 12.1 Å². The molecule has 1 aromatic rings. The fraction of sp³-hybridized carbons (Fsp3) is 0.143. The van der Waals surface area contributed by atoms with Crippen LogP contribution in [0.1, 0.15) is 5.56 Å². The van der Waals surface area contributed by atoms with E-state index in [4.69, 9.17) is 10.2 Å². The van der Waals surface area contributed by atoms with Gasteiger partial charge in [0.15, 0.2) is 0 Å². The molecule has 0 fully saturated rings. The van der Waals surface area contributed by atoms with Gasteiger partial charge in [-0.15, -0.1) is 0 Å². The van der Waals surface area contributed by atoms with Crippen molar-refractivity contribution in [3.05, 3.63) is 29.8 Å². The molecule has 0 atom stereocenters. The van der Waals surface area contributed by atoms with Crippen LogP contribution in [0.25, 0.3) is 0 Å². The third kappa shape index (κ3) is 2.71. The molecule has 0 spiro atoms. The summed E-state index contributed by atoms with van der Waals surface area (Å²) in [7, 11) is 0. The van der Waals surface area contributed by atoms with Gasteiger partial charge in [-0.25, -0.2) is 0 Å². The molecule has 0 bridgehead atoms. The summed E-state index contributed by atoms with van der Waals surface area (Å²) in [4.78, 5) is 0. The minimum atomic E-state index is 0. The van der Waals surface area contributed by atoms with Crippen molar-refractivity contribution in [2.24, 2.45) is 0 Å². The van der Waals surface area contributed by atoms with Crippen LogP contribution in [-0.2, 0) is 6.61 Å². The SMILES string of the molecule is OCc1ccc(O)cc1.[NaH]. The van der Waals surface area contributed by atoms with E-state index in [9.17, 15) is 0 Å². The molecule has 3 heteroatoms. The van der Waals surface area contributed by atoms with E-state index < -0.39 is 0 Å². The van der Waals surface area contributed by atoms with E-state index in [1.54, 1.807) is 24.3 Å². The number of aliphatic hydroxyl groups excluding tert-OH is 1. The second-order valence-electron chi connectivity index (χ2n) is 1.82. The summed E-state index contributed by atoms with van der Waals surface area (Å²) >= 11 is 0. The predicted molar refractivity (Wildman–Crippen MR) is 41.2 cm³/mol. The molecule has 0 aliphatic heterocycles. The Labute approximate surface area is 81.8 Å². The van der Waals surface area contributed by atoms with Crippen LogP contribution in [0.15, 0.2) is 24.3 Å². The first kappa shape index (κ1) is 9.98. The number of benzene rings is 1. The number of phenols is 1. The van der Waals surface area contributed by atoms with Crippen LogP contribution in [0.3, 0.4) is 0 Å². The van der Waals surface area contributed by atoms with E-state index in [0.29, 0.717) is 0 Å². The number of rotatable bonds is 1. The van der Waals surface area contributed by atoms with E-state index in [0.717, 1.165) is 5.56 Å². The molecule has 10 heavy (non-hydrogen) atoms. The number of aliphatic hydroxyl groups is 1.